The second kappa shape index (κ2) is 6.16. The van der Waals surface area contributed by atoms with Crippen LogP contribution in [0.2, 0.25) is 0 Å². The number of aromatic nitrogens is 2. The summed E-state index contributed by atoms with van der Waals surface area (Å²) in [5, 5.41) is 5.84. The molecule has 0 aliphatic rings. The number of thiocarbonyl (C=S) groups is 1. The molecule has 66 valence electrons. The third-order valence-corrected chi connectivity index (χ3v) is 2.04. The first-order chi connectivity index (χ1) is 5.54. The van der Waals surface area contributed by atoms with Crippen LogP contribution in [0.3, 0.4) is 0 Å². The van der Waals surface area contributed by atoms with Gasteiger partial charge in [-0.2, -0.15) is 0 Å². The molecule has 0 aliphatic heterocycles. The number of hydrogen-bond donors (Lipinski definition) is 2. The van der Waals surface area contributed by atoms with E-state index in [1.807, 2.05) is 0 Å². The molecule has 0 aromatic carbocycles. The predicted molar refractivity (Wildman–Crippen MR) is 43.7 cm³/mol. The zero-order chi connectivity index (χ0) is 9.56. The fourth-order valence-electron chi connectivity index (χ4n) is 0.340. The van der Waals surface area contributed by atoms with Gasteiger partial charge in [-0.15, -0.1) is 0 Å². The quantitative estimate of drug-likeness (QED) is 0.396. The van der Waals surface area contributed by atoms with Crippen molar-refractivity contribution < 1.29 is 24.0 Å². The number of aromatic amines is 1. The Hall–Kier alpha value is -0.392. The van der Waals surface area contributed by atoms with E-state index in [9.17, 15) is 6.80 Å². The summed E-state index contributed by atoms with van der Waals surface area (Å²) in [6.07, 6.45) is 1.49. The van der Waals surface area contributed by atoms with Crippen LogP contribution in [0.5, 0.6) is 0 Å². The Morgan fingerprint density at radius 1 is 1.75 bits per heavy atom. The Labute approximate surface area is 85.3 Å². The van der Waals surface area contributed by atoms with Crippen LogP contribution in [0.25, 0.3) is 0 Å². The molecule has 12 heavy (non-hydrogen) atoms. The molecular formula is C4H5MoN3O2S2. The van der Waals surface area contributed by atoms with Crippen molar-refractivity contribution in [1.29, 1.82) is 0 Å². The molecule has 0 unspecified atom stereocenters. The summed E-state index contributed by atoms with van der Waals surface area (Å²) >= 11 is 4.88. The first-order valence-corrected chi connectivity index (χ1v) is 6.05. The number of H-pyrrole nitrogens is 1. The number of nitrogens with zero attached hydrogens (tertiary/aromatic N) is 1. The molecule has 0 aliphatic carbocycles. The molecule has 0 atom stereocenters. The van der Waals surface area contributed by atoms with Gasteiger partial charge in [-0.05, 0) is 0 Å². The van der Waals surface area contributed by atoms with Gasteiger partial charge in [0.1, 0.15) is 0 Å². The standard InChI is InChI=1S/C3H3N2.CH3NS2.Mo.2O/c1-2-4-5-3-1;2-1(3)4;;;/h1-2H,(H,4,5);(H3,2,3,4);;;/q;;+1;;/p-1. The second-order valence-corrected chi connectivity index (χ2v) is 4.79. The van der Waals surface area contributed by atoms with E-state index in [1.54, 1.807) is 0 Å². The van der Waals surface area contributed by atoms with Crippen molar-refractivity contribution in [2.45, 2.75) is 0 Å². The molecule has 5 nitrogen and oxygen atoms in total. The van der Waals surface area contributed by atoms with E-state index < -0.39 is 17.2 Å². The van der Waals surface area contributed by atoms with Crippen LogP contribution in [0.4, 0.5) is 0 Å². The number of nitrogens with one attached hydrogen (secondary N) is 1. The third kappa shape index (κ3) is 6.33. The zero-order valence-corrected chi connectivity index (χ0v) is 9.36. The molecule has 1 aromatic rings. The number of hydrogen-bond acceptors (Lipinski definition) is 5. The Balaban J connectivity index is 0.000000261. The fourth-order valence-corrected chi connectivity index (χ4v) is 1.09. The monoisotopic (exact) mass is 289 g/mol. The third-order valence-electron chi connectivity index (χ3n) is 0.646. The number of nitrogens with two attached hydrogens (primary N) is 1. The summed E-state index contributed by atoms with van der Waals surface area (Å²) in [6.45, 7) is 0. The van der Waals surface area contributed by atoms with Gasteiger partial charge in [-0.1, -0.05) is 4.32 Å². The average molecular weight is 287 g/mol. The fraction of sp³-hybridized carbons (Fsp3) is 0. The first-order valence-electron chi connectivity index (χ1n) is 2.59. The molecule has 0 saturated heterocycles. The summed E-state index contributed by atoms with van der Waals surface area (Å²) in [5.41, 5.74) is 4.66. The van der Waals surface area contributed by atoms with E-state index in [2.05, 4.69) is 40.8 Å². The van der Waals surface area contributed by atoms with Crippen molar-refractivity contribution in [1.82, 2.24) is 10.2 Å². The molecule has 0 spiro atoms. The summed E-state index contributed by atoms with van der Waals surface area (Å²) in [6, 6.07) is 1.44. The predicted octanol–water partition coefficient (Wildman–Crippen LogP) is -0.879. The van der Waals surface area contributed by atoms with Gasteiger partial charge < -0.3 is 30.6 Å². The van der Waals surface area contributed by atoms with Gasteiger partial charge in [0.2, 0.25) is 0 Å². The van der Waals surface area contributed by atoms with E-state index in [-0.39, 0.29) is 8.40 Å². The Kier molecular flexibility index (Phi) is 5.96. The summed E-state index contributed by atoms with van der Waals surface area (Å²) in [7, 11) is 0. The maximum atomic E-state index is 10.1. The van der Waals surface area contributed by atoms with Crippen molar-refractivity contribution in [3.63, 3.8) is 0 Å². The van der Waals surface area contributed by atoms with Gasteiger partial charge in [-0.25, -0.2) is 0 Å². The maximum absolute atomic E-state index is 10.1. The normalized spacial score (nSPS) is 8.00. The molecule has 0 fully saturated rings. The Morgan fingerprint density at radius 2 is 2.25 bits per heavy atom. The van der Waals surface area contributed by atoms with Crippen molar-refractivity contribution in [2.75, 3.05) is 0 Å². The van der Waals surface area contributed by atoms with Crippen molar-refractivity contribution in [3.8, 4) is 0 Å². The molecule has 0 amide bonds. The summed E-state index contributed by atoms with van der Waals surface area (Å²) < 4.78 is 20.5. The summed E-state index contributed by atoms with van der Waals surface area (Å²) in [4.78, 5) is 0. The molecule has 3 N–H and O–H groups in total. The van der Waals surface area contributed by atoms with Gasteiger partial charge in [0.25, 0.3) is 0 Å². The van der Waals surface area contributed by atoms with Crippen LogP contribution in [-0.2, 0) is 36.7 Å². The first kappa shape index (κ1) is 11.6. The Morgan fingerprint density at radius 3 is 2.42 bits per heavy atom. The molecule has 1 heterocycles. The second-order valence-electron chi connectivity index (χ2n) is 1.47. The molecule has 8 heteroatoms. The van der Waals surface area contributed by atoms with E-state index in [1.165, 1.54) is 12.3 Å². The van der Waals surface area contributed by atoms with Crippen molar-refractivity contribution >= 4 is 33.3 Å². The molecule has 0 radical (unpaired) electrons. The average Bonchev–Trinajstić information content (AvgIpc) is 2.34. The summed E-state index contributed by atoms with van der Waals surface area (Å²) in [5.74, 6) is 0. The topological polar surface area (TPSA) is 88.8 Å². The minimum atomic E-state index is -3.38. The van der Waals surface area contributed by atoms with E-state index >= 15 is 0 Å². The van der Waals surface area contributed by atoms with Gasteiger partial charge in [0.15, 0.2) is 0 Å². The van der Waals surface area contributed by atoms with Gasteiger partial charge in [0.05, 0.1) is 0 Å². The SMILES string of the molecule is NC(=S)[S-].[O]=[Mo+](=[O])[c]1cc[nH]n1. The Bertz CT molecular complexity index is 296. The van der Waals surface area contributed by atoms with Crippen LogP contribution in [0.1, 0.15) is 0 Å². The minimum absolute atomic E-state index is 0.0833. The van der Waals surface area contributed by atoms with Gasteiger partial charge in [-0.3, -0.25) is 0 Å². The van der Waals surface area contributed by atoms with Gasteiger partial charge >= 0.3 is 50.6 Å². The van der Waals surface area contributed by atoms with Crippen molar-refractivity contribution in [2.24, 2.45) is 5.73 Å². The zero-order valence-electron chi connectivity index (χ0n) is 5.72. The molecule has 0 saturated carbocycles. The van der Waals surface area contributed by atoms with E-state index in [0.717, 1.165) is 0 Å². The van der Waals surface area contributed by atoms with Crippen LogP contribution in [-0.4, -0.2) is 14.5 Å². The molecule has 1 aromatic heterocycles. The van der Waals surface area contributed by atoms with Crippen LogP contribution in [0, 0.1) is 0 Å². The van der Waals surface area contributed by atoms with Crippen LogP contribution < -0.4 is 9.82 Å². The molecule has 1 rings (SSSR count). The van der Waals surface area contributed by atoms with Gasteiger partial charge in [0, 0.05) is 0 Å². The van der Waals surface area contributed by atoms with Crippen LogP contribution in [0.15, 0.2) is 12.3 Å². The van der Waals surface area contributed by atoms with E-state index in [4.69, 9.17) is 0 Å². The molecular weight excluding hydrogens is 282 g/mol. The number of rotatable bonds is 1. The molecule has 0 bridgehead atoms. The van der Waals surface area contributed by atoms with Crippen LogP contribution >= 0.6 is 12.2 Å². The van der Waals surface area contributed by atoms with Crippen molar-refractivity contribution in [3.05, 3.63) is 12.3 Å². The van der Waals surface area contributed by atoms with E-state index in [0.29, 0.717) is 0 Å².